The monoisotopic (exact) mass is 310 g/mol. The molecule has 0 aliphatic heterocycles. The summed E-state index contributed by atoms with van der Waals surface area (Å²) in [5, 5.41) is 6.48. The number of aromatic nitrogens is 2. The van der Waals surface area contributed by atoms with Gasteiger partial charge in [-0.1, -0.05) is 23.2 Å². The molecule has 2 aromatic rings. The molecule has 1 aromatic carbocycles. The quantitative estimate of drug-likeness (QED) is 0.907. The van der Waals surface area contributed by atoms with Crippen LogP contribution in [0.15, 0.2) is 30.6 Å². The fraction of sp³-hybridized carbons (Fsp3) is 0.154. The summed E-state index contributed by atoms with van der Waals surface area (Å²) in [6.07, 6.45) is 2.95. The maximum absolute atomic E-state index is 12.0. The molecular formula is C13H12Cl2N4O. The molecule has 7 heteroatoms. The summed E-state index contributed by atoms with van der Waals surface area (Å²) in [6, 6.07) is 4.84. The van der Waals surface area contributed by atoms with Crippen molar-refractivity contribution in [3.63, 3.8) is 0 Å². The third kappa shape index (κ3) is 3.59. The van der Waals surface area contributed by atoms with E-state index in [0.29, 0.717) is 28.1 Å². The number of amides is 1. The Bertz CT molecular complexity index is 634. The zero-order valence-electron chi connectivity index (χ0n) is 10.7. The van der Waals surface area contributed by atoms with Crippen LogP contribution in [0, 0.1) is 0 Å². The molecule has 2 rings (SSSR count). The first-order valence-corrected chi connectivity index (χ1v) is 6.68. The van der Waals surface area contributed by atoms with Crippen LogP contribution in [-0.4, -0.2) is 22.4 Å². The van der Waals surface area contributed by atoms with E-state index in [1.165, 1.54) is 6.20 Å². The van der Waals surface area contributed by atoms with Crippen LogP contribution in [0.3, 0.4) is 0 Å². The maximum Gasteiger partial charge on any atom is 0.275 e. The van der Waals surface area contributed by atoms with Gasteiger partial charge in [0.2, 0.25) is 0 Å². The van der Waals surface area contributed by atoms with Crippen LogP contribution in [0.2, 0.25) is 10.0 Å². The average molecular weight is 311 g/mol. The molecule has 0 radical (unpaired) electrons. The van der Waals surface area contributed by atoms with Gasteiger partial charge in [-0.15, -0.1) is 0 Å². The number of hydrogen-bond donors (Lipinski definition) is 2. The summed E-state index contributed by atoms with van der Waals surface area (Å²) >= 11 is 11.7. The van der Waals surface area contributed by atoms with Gasteiger partial charge >= 0.3 is 0 Å². The Labute approximate surface area is 126 Å². The number of anilines is 2. The van der Waals surface area contributed by atoms with Crippen molar-refractivity contribution in [1.29, 1.82) is 0 Å². The van der Waals surface area contributed by atoms with Crippen LogP contribution < -0.4 is 10.6 Å². The second-order valence-corrected chi connectivity index (χ2v) is 4.72. The molecule has 0 bridgehead atoms. The topological polar surface area (TPSA) is 66.9 Å². The Morgan fingerprint density at radius 1 is 1.25 bits per heavy atom. The van der Waals surface area contributed by atoms with Crippen LogP contribution in [-0.2, 0) is 0 Å². The van der Waals surface area contributed by atoms with Crippen LogP contribution >= 0.6 is 23.2 Å². The van der Waals surface area contributed by atoms with Gasteiger partial charge in [0.1, 0.15) is 11.5 Å². The minimum atomic E-state index is -0.365. The van der Waals surface area contributed by atoms with Gasteiger partial charge in [-0.3, -0.25) is 9.78 Å². The number of halogens is 2. The molecule has 20 heavy (non-hydrogen) atoms. The molecule has 104 valence electrons. The molecule has 5 nitrogen and oxygen atoms in total. The van der Waals surface area contributed by atoms with E-state index in [0.717, 1.165) is 0 Å². The molecule has 1 heterocycles. The highest BCUT2D eigenvalue weighted by Crippen LogP contribution is 2.25. The lowest BCUT2D eigenvalue weighted by Crippen LogP contribution is -2.15. The third-order valence-corrected chi connectivity index (χ3v) is 3.14. The molecule has 0 aliphatic rings. The summed E-state index contributed by atoms with van der Waals surface area (Å²) < 4.78 is 0. The summed E-state index contributed by atoms with van der Waals surface area (Å²) in [5.41, 5.74) is 0.759. The summed E-state index contributed by atoms with van der Waals surface area (Å²) in [4.78, 5) is 20.2. The molecule has 2 N–H and O–H groups in total. The zero-order valence-corrected chi connectivity index (χ0v) is 12.2. The molecule has 0 fully saturated rings. The van der Waals surface area contributed by atoms with Crippen molar-refractivity contribution in [3.05, 3.63) is 46.3 Å². The zero-order chi connectivity index (χ0) is 14.5. The Hall–Kier alpha value is -1.85. The highest BCUT2D eigenvalue weighted by Gasteiger charge is 2.10. The lowest BCUT2D eigenvalue weighted by molar-refractivity contribution is 0.102. The fourth-order valence-electron chi connectivity index (χ4n) is 1.51. The predicted molar refractivity (Wildman–Crippen MR) is 80.6 cm³/mol. The summed E-state index contributed by atoms with van der Waals surface area (Å²) in [5.74, 6) is 0.185. The van der Waals surface area contributed by atoms with E-state index in [2.05, 4.69) is 20.6 Å². The number of nitrogens with zero attached hydrogens (tertiary/aromatic N) is 2. The Balaban J connectivity index is 2.15. The molecule has 1 aromatic heterocycles. The number of rotatable bonds is 4. The largest absolute Gasteiger partial charge is 0.369 e. The van der Waals surface area contributed by atoms with Gasteiger partial charge in [0.25, 0.3) is 5.91 Å². The van der Waals surface area contributed by atoms with E-state index < -0.39 is 0 Å². The lowest BCUT2D eigenvalue weighted by Gasteiger charge is -2.07. The van der Waals surface area contributed by atoms with Crippen molar-refractivity contribution in [2.45, 2.75) is 6.92 Å². The first-order valence-electron chi connectivity index (χ1n) is 5.92. The van der Waals surface area contributed by atoms with Crippen LogP contribution in [0.4, 0.5) is 11.5 Å². The van der Waals surface area contributed by atoms with Gasteiger partial charge in [0.05, 0.1) is 22.4 Å². The number of hydrogen-bond acceptors (Lipinski definition) is 4. The molecule has 0 saturated carbocycles. The molecule has 0 spiro atoms. The normalized spacial score (nSPS) is 10.2. The van der Waals surface area contributed by atoms with E-state index in [1.807, 2.05) is 6.92 Å². The minimum Gasteiger partial charge on any atom is -0.369 e. The molecule has 0 saturated heterocycles. The highest BCUT2D eigenvalue weighted by atomic mass is 35.5. The van der Waals surface area contributed by atoms with E-state index >= 15 is 0 Å². The third-order valence-electron chi connectivity index (χ3n) is 2.40. The van der Waals surface area contributed by atoms with Crippen molar-refractivity contribution in [1.82, 2.24) is 9.97 Å². The second kappa shape index (κ2) is 6.54. The molecule has 0 atom stereocenters. The van der Waals surface area contributed by atoms with Gasteiger partial charge in [0, 0.05) is 12.2 Å². The number of carbonyl (C=O) groups excluding carboxylic acids is 1. The highest BCUT2D eigenvalue weighted by molar-refractivity contribution is 6.42. The van der Waals surface area contributed by atoms with E-state index in [-0.39, 0.29) is 11.6 Å². The van der Waals surface area contributed by atoms with E-state index in [9.17, 15) is 4.79 Å². The summed E-state index contributed by atoms with van der Waals surface area (Å²) in [6.45, 7) is 2.64. The molecule has 0 aliphatic carbocycles. The van der Waals surface area contributed by atoms with Gasteiger partial charge in [-0.05, 0) is 25.1 Å². The van der Waals surface area contributed by atoms with Gasteiger partial charge in [0.15, 0.2) is 0 Å². The Morgan fingerprint density at radius 2 is 2.05 bits per heavy atom. The van der Waals surface area contributed by atoms with Crippen molar-refractivity contribution >= 4 is 40.6 Å². The smallest absolute Gasteiger partial charge is 0.275 e. The van der Waals surface area contributed by atoms with Crippen molar-refractivity contribution in [2.24, 2.45) is 0 Å². The number of benzene rings is 1. The predicted octanol–water partition coefficient (Wildman–Crippen LogP) is 3.47. The van der Waals surface area contributed by atoms with Crippen molar-refractivity contribution in [2.75, 3.05) is 17.2 Å². The van der Waals surface area contributed by atoms with Crippen molar-refractivity contribution in [3.8, 4) is 0 Å². The second-order valence-electron chi connectivity index (χ2n) is 3.90. The molecular weight excluding hydrogens is 299 g/mol. The maximum atomic E-state index is 12.0. The standard InChI is InChI=1S/C13H12Cl2N4O/c1-2-17-12-7-16-6-11(19-12)13(20)18-8-3-4-9(14)10(15)5-8/h3-7H,2H2,1H3,(H,17,19)(H,18,20). The average Bonchev–Trinajstić information content (AvgIpc) is 2.43. The number of carbonyl (C=O) groups is 1. The van der Waals surface area contributed by atoms with Crippen LogP contribution in [0.5, 0.6) is 0 Å². The van der Waals surface area contributed by atoms with E-state index in [4.69, 9.17) is 23.2 Å². The first kappa shape index (κ1) is 14.6. The van der Waals surface area contributed by atoms with Gasteiger partial charge in [-0.25, -0.2) is 4.98 Å². The molecule has 1 amide bonds. The van der Waals surface area contributed by atoms with Crippen LogP contribution in [0.25, 0.3) is 0 Å². The number of nitrogens with one attached hydrogen (secondary N) is 2. The Kier molecular flexibility index (Phi) is 4.76. The Morgan fingerprint density at radius 3 is 2.75 bits per heavy atom. The van der Waals surface area contributed by atoms with Gasteiger partial charge < -0.3 is 10.6 Å². The fourth-order valence-corrected chi connectivity index (χ4v) is 1.81. The minimum absolute atomic E-state index is 0.217. The van der Waals surface area contributed by atoms with Gasteiger partial charge in [-0.2, -0.15) is 0 Å². The molecule has 0 unspecified atom stereocenters. The first-order chi connectivity index (χ1) is 9.60. The SMILES string of the molecule is CCNc1cncc(C(=O)Nc2ccc(Cl)c(Cl)c2)n1. The van der Waals surface area contributed by atoms with E-state index in [1.54, 1.807) is 24.4 Å². The van der Waals surface area contributed by atoms with Crippen molar-refractivity contribution < 1.29 is 4.79 Å². The summed E-state index contributed by atoms with van der Waals surface area (Å²) in [7, 11) is 0. The van der Waals surface area contributed by atoms with Crippen LogP contribution in [0.1, 0.15) is 17.4 Å². The lowest BCUT2D eigenvalue weighted by atomic mass is 10.3.